The maximum absolute atomic E-state index is 13.7. The van der Waals surface area contributed by atoms with Gasteiger partial charge in [-0.25, -0.2) is 13.6 Å². The van der Waals surface area contributed by atoms with Gasteiger partial charge in [0.15, 0.2) is 5.02 Å². The van der Waals surface area contributed by atoms with Crippen molar-refractivity contribution in [3.8, 4) is 5.88 Å². The number of rotatable bonds is 6. The van der Waals surface area contributed by atoms with Crippen LogP contribution >= 0.6 is 11.6 Å². The molecule has 0 bridgehead atoms. The number of aromatic carboxylic acids is 1. The van der Waals surface area contributed by atoms with Crippen LogP contribution in [0.2, 0.25) is 5.02 Å². The highest BCUT2D eigenvalue weighted by atomic mass is 35.5. The van der Waals surface area contributed by atoms with E-state index < -0.39 is 23.2 Å². The van der Waals surface area contributed by atoms with Crippen LogP contribution < -0.4 is 10.3 Å². The summed E-state index contributed by atoms with van der Waals surface area (Å²) in [4.78, 5) is 29.7. The SMILES string of the molecule is O=C(O)c1cccc(Cc2nc(OCc3ccc(F)cc3F)c(Cl)c(=O)[nH]2)c1. The summed E-state index contributed by atoms with van der Waals surface area (Å²) in [5.41, 5.74) is 0.101. The lowest BCUT2D eigenvalue weighted by atomic mass is 10.1. The molecule has 0 aliphatic heterocycles. The minimum absolute atomic E-state index is 0.0651. The zero-order chi connectivity index (χ0) is 20.3. The molecular weight excluding hydrogens is 394 g/mol. The summed E-state index contributed by atoms with van der Waals surface area (Å²) in [7, 11) is 0. The topological polar surface area (TPSA) is 92.3 Å². The number of carboxylic acid groups (broad SMARTS) is 1. The molecule has 0 amide bonds. The summed E-state index contributed by atoms with van der Waals surface area (Å²) in [6.45, 7) is -0.309. The fourth-order valence-electron chi connectivity index (χ4n) is 2.45. The second kappa shape index (κ2) is 8.18. The number of nitrogens with zero attached hydrogens (tertiary/aromatic N) is 1. The Kier molecular flexibility index (Phi) is 5.70. The molecule has 0 fully saturated rings. The molecule has 9 heteroatoms. The van der Waals surface area contributed by atoms with E-state index in [0.29, 0.717) is 11.6 Å². The van der Waals surface area contributed by atoms with Crippen molar-refractivity contribution in [3.63, 3.8) is 0 Å². The van der Waals surface area contributed by atoms with Crippen LogP contribution in [-0.2, 0) is 13.0 Å². The van der Waals surface area contributed by atoms with Gasteiger partial charge >= 0.3 is 5.97 Å². The second-order valence-corrected chi connectivity index (χ2v) is 6.22. The Bertz CT molecular complexity index is 1100. The molecule has 1 heterocycles. The lowest BCUT2D eigenvalue weighted by molar-refractivity contribution is 0.0696. The summed E-state index contributed by atoms with van der Waals surface area (Å²) in [5, 5.41) is 8.74. The van der Waals surface area contributed by atoms with Crippen molar-refractivity contribution < 1.29 is 23.4 Å². The molecule has 144 valence electrons. The molecule has 6 nitrogen and oxygen atoms in total. The Morgan fingerprint density at radius 3 is 2.71 bits per heavy atom. The summed E-state index contributed by atoms with van der Waals surface area (Å²) in [6.07, 6.45) is 0.120. The number of hydrogen-bond acceptors (Lipinski definition) is 4. The number of aromatic amines is 1. The highest BCUT2D eigenvalue weighted by Gasteiger charge is 2.14. The van der Waals surface area contributed by atoms with E-state index in [1.807, 2.05) is 0 Å². The predicted molar refractivity (Wildman–Crippen MR) is 96.8 cm³/mol. The first kappa shape index (κ1) is 19.5. The van der Waals surface area contributed by atoms with Gasteiger partial charge in [-0.1, -0.05) is 23.7 Å². The van der Waals surface area contributed by atoms with Gasteiger partial charge < -0.3 is 14.8 Å². The van der Waals surface area contributed by atoms with Gasteiger partial charge in [-0.05, 0) is 29.8 Å². The van der Waals surface area contributed by atoms with Crippen molar-refractivity contribution in [3.05, 3.63) is 92.0 Å². The highest BCUT2D eigenvalue weighted by molar-refractivity contribution is 6.31. The molecule has 3 aromatic rings. The Morgan fingerprint density at radius 1 is 1.21 bits per heavy atom. The molecule has 0 radical (unpaired) electrons. The molecular formula is C19H13ClF2N2O4. The van der Waals surface area contributed by atoms with Gasteiger partial charge in [0.1, 0.15) is 24.1 Å². The van der Waals surface area contributed by atoms with Crippen molar-refractivity contribution in [1.82, 2.24) is 9.97 Å². The van der Waals surface area contributed by atoms with Gasteiger partial charge in [-0.2, -0.15) is 4.98 Å². The third-order valence-corrected chi connectivity index (χ3v) is 4.14. The van der Waals surface area contributed by atoms with Crippen LogP contribution in [0.25, 0.3) is 0 Å². The molecule has 28 heavy (non-hydrogen) atoms. The normalized spacial score (nSPS) is 10.7. The van der Waals surface area contributed by atoms with Crippen LogP contribution in [0, 0.1) is 11.6 Å². The van der Waals surface area contributed by atoms with Crippen LogP contribution in [0.3, 0.4) is 0 Å². The Balaban J connectivity index is 1.83. The van der Waals surface area contributed by atoms with Crippen LogP contribution in [-0.4, -0.2) is 21.0 Å². The first-order valence-electron chi connectivity index (χ1n) is 8.01. The third-order valence-electron chi connectivity index (χ3n) is 3.81. The summed E-state index contributed by atoms with van der Waals surface area (Å²) in [6, 6.07) is 9.14. The summed E-state index contributed by atoms with van der Waals surface area (Å²) in [5.74, 6) is -2.62. The summed E-state index contributed by atoms with van der Waals surface area (Å²) < 4.78 is 32.0. The number of carboxylic acids is 1. The molecule has 1 aromatic heterocycles. The van der Waals surface area contributed by atoms with Gasteiger partial charge in [0.2, 0.25) is 5.88 Å². The van der Waals surface area contributed by atoms with Gasteiger partial charge in [-0.3, -0.25) is 4.79 Å². The molecule has 0 aliphatic rings. The van der Waals surface area contributed by atoms with Crippen LogP contribution in [0.1, 0.15) is 27.3 Å². The van der Waals surface area contributed by atoms with Crippen molar-refractivity contribution in [2.24, 2.45) is 0 Å². The first-order chi connectivity index (χ1) is 13.3. The number of nitrogens with one attached hydrogen (secondary N) is 1. The minimum Gasteiger partial charge on any atom is -0.478 e. The standard InChI is InChI=1S/C19H13ClF2N2O4/c20-16-17(25)23-15(7-10-2-1-3-11(6-10)19(26)27)24-18(16)28-9-12-4-5-13(21)8-14(12)22/h1-6,8H,7,9H2,(H,26,27)(H,23,24,25). The van der Waals surface area contributed by atoms with E-state index in [4.69, 9.17) is 21.4 Å². The van der Waals surface area contributed by atoms with E-state index in [-0.39, 0.29) is 40.9 Å². The van der Waals surface area contributed by atoms with E-state index in [9.17, 15) is 18.4 Å². The number of H-pyrrole nitrogens is 1. The monoisotopic (exact) mass is 406 g/mol. The predicted octanol–water partition coefficient (Wildman–Crippen LogP) is 3.57. The third kappa shape index (κ3) is 4.52. The molecule has 2 aromatic carbocycles. The average molecular weight is 407 g/mol. The van der Waals surface area contributed by atoms with E-state index in [1.54, 1.807) is 12.1 Å². The zero-order valence-corrected chi connectivity index (χ0v) is 15.0. The number of carbonyl (C=O) groups is 1. The quantitative estimate of drug-likeness (QED) is 0.653. The number of halogens is 3. The molecule has 0 unspecified atom stereocenters. The molecule has 2 N–H and O–H groups in total. The Morgan fingerprint density at radius 2 is 2.00 bits per heavy atom. The number of aromatic nitrogens is 2. The zero-order valence-electron chi connectivity index (χ0n) is 14.2. The maximum atomic E-state index is 13.7. The molecule has 0 atom stereocenters. The Hall–Kier alpha value is -3.26. The van der Waals surface area contributed by atoms with E-state index >= 15 is 0 Å². The molecule has 0 saturated heterocycles. The van der Waals surface area contributed by atoms with Crippen LogP contribution in [0.4, 0.5) is 8.78 Å². The Labute approximate surface area is 162 Å². The average Bonchev–Trinajstić information content (AvgIpc) is 2.64. The molecule has 0 saturated carbocycles. The molecule has 0 spiro atoms. The fourth-order valence-corrected chi connectivity index (χ4v) is 2.60. The minimum atomic E-state index is -1.08. The number of ether oxygens (including phenoxy) is 1. The second-order valence-electron chi connectivity index (χ2n) is 5.84. The largest absolute Gasteiger partial charge is 0.478 e. The van der Waals surface area contributed by atoms with Crippen molar-refractivity contribution in [2.45, 2.75) is 13.0 Å². The fraction of sp³-hybridized carbons (Fsp3) is 0.105. The van der Waals surface area contributed by atoms with Crippen LogP contribution in [0.5, 0.6) is 5.88 Å². The maximum Gasteiger partial charge on any atom is 0.335 e. The molecule has 0 aliphatic carbocycles. The lowest BCUT2D eigenvalue weighted by Crippen LogP contribution is -2.15. The summed E-state index contributed by atoms with van der Waals surface area (Å²) >= 11 is 5.90. The van der Waals surface area contributed by atoms with Gasteiger partial charge in [-0.15, -0.1) is 0 Å². The highest BCUT2D eigenvalue weighted by Crippen LogP contribution is 2.20. The van der Waals surface area contributed by atoms with Gasteiger partial charge in [0, 0.05) is 18.1 Å². The number of benzene rings is 2. The van der Waals surface area contributed by atoms with Gasteiger partial charge in [0.05, 0.1) is 5.56 Å². The van der Waals surface area contributed by atoms with Crippen molar-refractivity contribution in [2.75, 3.05) is 0 Å². The van der Waals surface area contributed by atoms with E-state index in [1.165, 1.54) is 18.2 Å². The van der Waals surface area contributed by atoms with Crippen LogP contribution in [0.15, 0.2) is 47.3 Å². The first-order valence-corrected chi connectivity index (χ1v) is 8.39. The van der Waals surface area contributed by atoms with Crippen molar-refractivity contribution in [1.29, 1.82) is 0 Å². The van der Waals surface area contributed by atoms with Gasteiger partial charge in [0.25, 0.3) is 5.56 Å². The van der Waals surface area contributed by atoms with Crippen molar-refractivity contribution >= 4 is 17.6 Å². The lowest BCUT2D eigenvalue weighted by Gasteiger charge is -2.10. The number of hydrogen-bond donors (Lipinski definition) is 2. The van der Waals surface area contributed by atoms with E-state index in [2.05, 4.69) is 9.97 Å². The van der Waals surface area contributed by atoms with E-state index in [0.717, 1.165) is 6.07 Å². The smallest absolute Gasteiger partial charge is 0.335 e. The molecule has 3 rings (SSSR count).